The van der Waals surface area contributed by atoms with E-state index in [0.29, 0.717) is 12.1 Å². The second-order valence-corrected chi connectivity index (χ2v) is 7.44. The molecule has 0 bridgehead atoms. The first-order valence-electron chi connectivity index (χ1n) is 9.24. The van der Waals surface area contributed by atoms with Crippen molar-refractivity contribution in [3.8, 4) is 11.1 Å². The molecule has 1 unspecified atom stereocenters. The molecule has 182 valence electrons. The largest absolute Gasteiger partial charge is 0.457 e. The van der Waals surface area contributed by atoms with Crippen LogP contribution in [-0.2, 0) is 18.5 Å². The van der Waals surface area contributed by atoms with E-state index in [9.17, 15) is 45.2 Å². The molecule has 1 atom stereocenters. The Morgan fingerprint density at radius 1 is 0.879 bits per heavy atom. The summed E-state index contributed by atoms with van der Waals surface area (Å²) in [6.45, 7) is 2.74. The van der Waals surface area contributed by atoms with Crippen LogP contribution in [0.4, 0.5) is 45.2 Å². The van der Waals surface area contributed by atoms with Gasteiger partial charge in [-0.1, -0.05) is 37.6 Å². The molecule has 33 heavy (non-hydrogen) atoms. The summed E-state index contributed by atoms with van der Waals surface area (Å²) in [7, 11) is 0. The van der Waals surface area contributed by atoms with Gasteiger partial charge in [0.05, 0.1) is 9.95 Å². The Balaban J connectivity index is 3.11. The molecule has 0 aliphatic carbocycles. The normalized spacial score (nSPS) is 14.8. The van der Waals surface area contributed by atoms with Crippen LogP contribution in [0, 0.1) is 10.1 Å². The Bertz CT molecular complexity index is 1070. The molecule has 13 heteroatoms. The molecular formula is C20H15ClF9NO2. The van der Waals surface area contributed by atoms with Gasteiger partial charge in [-0.15, -0.1) is 0 Å². The summed E-state index contributed by atoms with van der Waals surface area (Å²) in [5, 5.41) is 10.3. The van der Waals surface area contributed by atoms with Crippen LogP contribution < -0.4 is 0 Å². The van der Waals surface area contributed by atoms with E-state index in [0.717, 1.165) is 12.1 Å². The monoisotopic (exact) mass is 507 g/mol. The van der Waals surface area contributed by atoms with Gasteiger partial charge in [-0.05, 0) is 35.6 Å². The Kier molecular flexibility index (Phi) is 7.05. The predicted octanol–water partition coefficient (Wildman–Crippen LogP) is 7.96. The molecule has 0 fully saturated rings. The number of benzene rings is 2. The number of nitro groups is 1. The molecule has 0 amide bonds. The van der Waals surface area contributed by atoms with Gasteiger partial charge in [0.2, 0.25) is 0 Å². The lowest BCUT2D eigenvalue weighted by molar-refractivity contribution is -0.389. The molecule has 2 aromatic carbocycles. The van der Waals surface area contributed by atoms with Crippen molar-refractivity contribution in [3.63, 3.8) is 0 Å². The van der Waals surface area contributed by atoms with Gasteiger partial charge in [0.15, 0.2) is 0 Å². The van der Waals surface area contributed by atoms with Crippen LogP contribution in [0.3, 0.4) is 0 Å². The van der Waals surface area contributed by atoms with Gasteiger partial charge in [0, 0.05) is 23.3 Å². The smallest absolute Gasteiger partial charge is 0.258 e. The van der Waals surface area contributed by atoms with E-state index >= 15 is 4.39 Å². The van der Waals surface area contributed by atoms with Crippen LogP contribution in [0.5, 0.6) is 0 Å². The fourth-order valence-corrected chi connectivity index (χ4v) is 3.63. The highest BCUT2D eigenvalue weighted by Crippen LogP contribution is 2.60. The first-order chi connectivity index (χ1) is 14.9. The van der Waals surface area contributed by atoms with E-state index in [1.807, 2.05) is 0 Å². The van der Waals surface area contributed by atoms with Crippen molar-refractivity contribution in [2.24, 2.45) is 0 Å². The Morgan fingerprint density at radius 3 is 1.85 bits per heavy atom. The third-order valence-corrected chi connectivity index (χ3v) is 5.36. The maximum absolute atomic E-state index is 15.5. The molecule has 0 radical (unpaired) electrons. The van der Waals surface area contributed by atoms with Crippen LogP contribution in [0.15, 0.2) is 30.3 Å². The third kappa shape index (κ3) is 4.36. The van der Waals surface area contributed by atoms with Crippen LogP contribution >= 0.6 is 11.6 Å². The molecule has 0 aromatic heterocycles. The van der Waals surface area contributed by atoms with Crippen molar-refractivity contribution in [1.29, 1.82) is 0 Å². The van der Waals surface area contributed by atoms with Crippen molar-refractivity contribution in [1.82, 2.24) is 0 Å². The summed E-state index contributed by atoms with van der Waals surface area (Å²) < 4.78 is 125. The highest BCUT2D eigenvalue weighted by molar-refractivity contribution is 6.33. The molecule has 0 heterocycles. The molecule has 0 saturated carbocycles. The third-order valence-electron chi connectivity index (χ3n) is 5.05. The zero-order valence-corrected chi connectivity index (χ0v) is 17.6. The van der Waals surface area contributed by atoms with Gasteiger partial charge in [-0.2, -0.15) is 35.1 Å². The Hall–Kier alpha value is -2.50. The van der Waals surface area contributed by atoms with E-state index in [-0.39, 0.29) is 24.0 Å². The molecule has 0 spiro atoms. The molecule has 2 aromatic rings. The van der Waals surface area contributed by atoms with Crippen molar-refractivity contribution >= 4 is 17.3 Å². The number of rotatable bonds is 6. The van der Waals surface area contributed by atoms with Gasteiger partial charge >= 0.3 is 23.9 Å². The fourth-order valence-electron chi connectivity index (χ4n) is 3.36. The number of alkyl halides is 9. The molecule has 3 nitrogen and oxygen atoms in total. The lowest BCUT2D eigenvalue weighted by Gasteiger charge is -2.38. The minimum absolute atomic E-state index is 0.111. The first kappa shape index (κ1) is 26.7. The summed E-state index contributed by atoms with van der Waals surface area (Å²) >= 11 is 5.93. The van der Waals surface area contributed by atoms with Gasteiger partial charge in [-0.25, -0.2) is 4.39 Å². The van der Waals surface area contributed by atoms with Crippen molar-refractivity contribution < 1.29 is 44.4 Å². The number of hydrogen-bond donors (Lipinski definition) is 0. The van der Waals surface area contributed by atoms with E-state index < -0.39 is 56.3 Å². The summed E-state index contributed by atoms with van der Waals surface area (Å²) in [5.74, 6) is -6.88. The highest BCUT2D eigenvalue weighted by atomic mass is 35.5. The lowest BCUT2D eigenvalue weighted by atomic mass is 9.79. The Labute approximate surface area is 186 Å². The van der Waals surface area contributed by atoms with E-state index in [1.165, 1.54) is 19.9 Å². The number of nitrogens with zero attached hydrogens (tertiary/aromatic N) is 1. The average Bonchev–Trinajstić information content (AvgIpc) is 2.70. The zero-order chi connectivity index (χ0) is 25.6. The molecule has 2 rings (SSSR count). The van der Waals surface area contributed by atoms with Gasteiger partial charge < -0.3 is 0 Å². The standard InChI is InChI=1S/C20H15ClF9NO2/c1-3-10-7-11(4-2)16(13-6-5-12(31(32)33)9-15(13)21)14(8-10)17(22,19(25,26)27)18(23,24)20(28,29)30/h5-9H,3-4H2,1-2H3. The number of non-ortho nitro benzene ring substituents is 1. The summed E-state index contributed by atoms with van der Waals surface area (Å²) in [6.07, 6.45) is -13.9. The lowest BCUT2D eigenvalue weighted by Crippen LogP contribution is -2.60. The van der Waals surface area contributed by atoms with Crippen LogP contribution in [0.2, 0.25) is 5.02 Å². The zero-order valence-electron chi connectivity index (χ0n) is 16.8. The second-order valence-electron chi connectivity index (χ2n) is 7.03. The van der Waals surface area contributed by atoms with Gasteiger partial charge in [-0.3, -0.25) is 10.1 Å². The minimum Gasteiger partial charge on any atom is -0.258 e. The van der Waals surface area contributed by atoms with Crippen LogP contribution in [-0.4, -0.2) is 23.2 Å². The van der Waals surface area contributed by atoms with Crippen molar-refractivity contribution in [3.05, 3.63) is 62.2 Å². The second kappa shape index (κ2) is 8.69. The SMILES string of the molecule is CCc1cc(CC)c(-c2ccc([N+](=O)[O-])cc2Cl)c(C(F)(C(F)(F)F)C(F)(F)C(F)(F)F)c1. The van der Waals surface area contributed by atoms with E-state index in [2.05, 4.69) is 0 Å². The van der Waals surface area contributed by atoms with E-state index in [1.54, 1.807) is 0 Å². The summed E-state index contributed by atoms with van der Waals surface area (Å²) in [4.78, 5) is 10.0. The van der Waals surface area contributed by atoms with E-state index in [4.69, 9.17) is 11.6 Å². The van der Waals surface area contributed by atoms with Crippen molar-refractivity contribution in [2.45, 2.75) is 50.6 Å². The topological polar surface area (TPSA) is 43.1 Å². The molecule has 0 N–H and O–H groups in total. The first-order valence-corrected chi connectivity index (χ1v) is 9.62. The van der Waals surface area contributed by atoms with Crippen molar-refractivity contribution in [2.75, 3.05) is 0 Å². The molecule has 0 aliphatic heterocycles. The summed E-state index contributed by atoms with van der Waals surface area (Å²) in [5.41, 5.74) is -10.6. The minimum atomic E-state index is -6.90. The number of nitro benzene ring substituents is 1. The highest BCUT2D eigenvalue weighted by Gasteiger charge is 2.82. The van der Waals surface area contributed by atoms with Crippen LogP contribution in [0.25, 0.3) is 11.1 Å². The predicted molar refractivity (Wildman–Crippen MR) is 102 cm³/mol. The van der Waals surface area contributed by atoms with Crippen LogP contribution in [0.1, 0.15) is 30.5 Å². The number of halogens is 10. The Morgan fingerprint density at radius 2 is 1.45 bits per heavy atom. The molecule has 0 aliphatic rings. The number of aryl methyl sites for hydroxylation is 2. The average molecular weight is 508 g/mol. The molecule has 0 saturated heterocycles. The summed E-state index contributed by atoms with van der Waals surface area (Å²) in [6, 6.07) is 3.71. The number of hydrogen-bond acceptors (Lipinski definition) is 2. The maximum Gasteiger partial charge on any atom is 0.457 e. The quantitative estimate of drug-likeness (QED) is 0.226. The molecular weight excluding hydrogens is 493 g/mol. The maximum atomic E-state index is 15.5. The fraction of sp³-hybridized carbons (Fsp3) is 0.400. The van der Waals surface area contributed by atoms with Gasteiger partial charge in [0.1, 0.15) is 0 Å². The van der Waals surface area contributed by atoms with Gasteiger partial charge in [0.25, 0.3) is 5.69 Å².